The highest BCUT2D eigenvalue weighted by Gasteiger charge is 2.26. The summed E-state index contributed by atoms with van der Waals surface area (Å²) in [5.74, 6) is 1.70. The fourth-order valence-electron chi connectivity index (χ4n) is 14.1. The highest BCUT2D eigenvalue weighted by molar-refractivity contribution is 6.21. The van der Waals surface area contributed by atoms with Crippen LogP contribution in [0.2, 0.25) is 0 Å². The van der Waals surface area contributed by atoms with Gasteiger partial charge in [0.25, 0.3) is 0 Å². The number of hydrogen-bond donors (Lipinski definition) is 0. The van der Waals surface area contributed by atoms with Crippen molar-refractivity contribution >= 4 is 87.2 Å². The lowest BCUT2D eigenvalue weighted by Gasteiger charge is -2.21. The number of fused-ring (bicyclic) bond motifs is 12. The van der Waals surface area contributed by atoms with Crippen LogP contribution in [0.4, 0.5) is 0 Å². The minimum Gasteiger partial charge on any atom is -0.309 e. The van der Waals surface area contributed by atoms with Crippen LogP contribution in [-0.4, -0.2) is 33.2 Å². The third-order valence-corrected chi connectivity index (χ3v) is 18.0. The van der Waals surface area contributed by atoms with E-state index < -0.39 is 0 Å². The first-order valence-electron chi connectivity index (χ1n) is 30.3. The minimum absolute atomic E-state index is 0.543. The van der Waals surface area contributed by atoms with Gasteiger partial charge in [-0.05, 0) is 114 Å². The van der Waals surface area contributed by atoms with Gasteiger partial charge < -0.3 is 18.3 Å². The van der Waals surface area contributed by atoms with E-state index in [9.17, 15) is 5.26 Å². The fourth-order valence-corrected chi connectivity index (χ4v) is 14.1. The standard InChI is InChI=1S/C82H50N8/c83-51-56-27-13-14-32-59(56)54-41-43-64(75(46-54)90-73-40-22-18-36-63(73)69-48-67-61-34-16-20-38-71(61)88(77(67)50-79(69)90)58-30-11-4-12-31-58)65-45-55(82-85-80(52-23-5-1-6-24-52)84-81(86-82)53-25-7-2-8-26-53)42-44-74(65)89-72-39-21-17-35-62(72)68-47-66-60-33-15-19-37-70(60)87(76(66)49-78(68)89)57-28-9-3-10-29-57/h1-50H. The van der Waals surface area contributed by atoms with Crippen molar-refractivity contribution in [1.82, 2.24) is 33.2 Å². The molecule has 0 atom stereocenters. The number of benzene rings is 13. The highest BCUT2D eigenvalue weighted by Crippen LogP contribution is 2.47. The number of rotatable bonds is 9. The van der Waals surface area contributed by atoms with Crippen molar-refractivity contribution in [3.05, 3.63) is 309 Å². The number of aromatic nitrogens is 7. The second-order valence-corrected chi connectivity index (χ2v) is 23.0. The number of nitriles is 1. The van der Waals surface area contributed by atoms with Crippen molar-refractivity contribution in [3.63, 3.8) is 0 Å². The average Bonchev–Trinajstić information content (AvgIpc) is 1.71. The maximum atomic E-state index is 10.8. The largest absolute Gasteiger partial charge is 0.309 e. The van der Waals surface area contributed by atoms with E-state index in [-0.39, 0.29) is 0 Å². The minimum atomic E-state index is 0.543. The molecule has 90 heavy (non-hydrogen) atoms. The molecule has 8 heteroatoms. The lowest BCUT2D eigenvalue weighted by atomic mass is 9.93. The van der Waals surface area contributed by atoms with Crippen molar-refractivity contribution in [2.45, 2.75) is 0 Å². The van der Waals surface area contributed by atoms with Crippen molar-refractivity contribution in [2.24, 2.45) is 0 Å². The van der Waals surface area contributed by atoms with E-state index in [2.05, 4.69) is 273 Å². The first-order valence-corrected chi connectivity index (χ1v) is 30.3. The van der Waals surface area contributed by atoms with Gasteiger partial charge in [0.15, 0.2) is 17.5 Å². The molecular weight excluding hydrogens is 1100 g/mol. The highest BCUT2D eigenvalue weighted by atomic mass is 15.0. The van der Waals surface area contributed by atoms with Crippen molar-refractivity contribution in [1.29, 1.82) is 5.26 Å². The second kappa shape index (κ2) is 20.3. The molecule has 0 fully saturated rings. The number of para-hydroxylation sites is 6. The van der Waals surface area contributed by atoms with Crippen LogP contribution in [0.3, 0.4) is 0 Å². The third kappa shape index (κ3) is 7.90. The molecule has 0 saturated heterocycles. The van der Waals surface area contributed by atoms with E-state index in [0.717, 1.165) is 127 Å². The number of hydrogen-bond acceptors (Lipinski definition) is 4. The average molecular weight is 1150 g/mol. The van der Waals surface area contributed by atoms with Crippen molar-refractivity contribution in [3.8, 4) is 85.2 Å². The summed E-state index contributed by atoms with van der Waals surface area (Å²) in [5, 5.41) is 20.0. The third-order valence-electron chi connectivity index (χ3n) is 18.0. The second-order valence-electron chi connectivity index (χ2n) is 23.0. The van der Waals surface area contributed by atoms with Gasteiger partial charge in [0.05, 0.1) is 67.1 Å². The van der Waals surface area contributed by atoms with Gasteiger partial charge in [0, 0.05) is 82.3 Å². The predicted octanol–water partition coefficient (Wildman–Crippen LogP) is 20.5. The van der Waals surface area contributed by atoms with Crippen LogP contribution in [0, 0.1) is 11.3 Å². The normalized spacial score (nSPS) is 11.8. The Morgan fingerprint density at radius 2 is 0.611 bits per heavy atom. The molecule has 8 nitrogen and oxygen atoms in total. The topological polar surface area (TPSA) is 82.2 Å². The fraction of sp³-hybridized carbons (Fsp3) is 0. The zero-order valence-electron chi connectivity index (χ0n) is 48.4. The van der Waals surface area contributed by atoms with Crippen LogP contribution in [-0.2, 0) is 0 Å². The quantitative estimate of drug-likeness (QED) is 0.144. The lowest BCUT2D eigenvalue weighted by Crippen LogP contribution is -2.04. The van der Waals surface area contributed by atoms with Crippen LogP contribution in [0.1, 0.15) is 5.56 Å². The summed E-state index contributed by atoms with van der Waals surface area (Å²) in [6, 6.07) is 110. The molecule has 18 rings (SSSR count). The molecule has 418 valence electrons. The molecule has 0 amide bonds. The molecule has 18 aromatic rings. The van der Waals surface area contributed by atoms with E-state index in [1.807, 2.05) is 54.6 Å². The molecule has 0 aliphatic carbocycles. The van der Waals surface area contributed by atoms with E-state index in [4.69, 9.17) is 15.0 Å². The molecule has 0 saturated carbocycles. The van der Waals surface area contributed by atoms with Gasteiger partial charge in [-0.3, -0.25) is 0 Å². The zero-order chi connectivity index (χ0) is 59.4. The van der Waals surface area contributed by atoms with Crippen molar-refractivity contribution in [2.75, 3.05) is 0 Å². The maximum Gasteiger partial charge on any atom is 0.164 e. The van der Waals surface area contributed by atoms with Gasteiger partial charge in [0.1, 0.15) is 0 Å². The van der Waals surface area contributed by atoms with Crippen LogP contribution < -0.4 is 0 Å². The Morgan fingerprint density at radius 1 is 0.233 bits per heavy atom. The lowest BCUT2D eigenvalue weighted by molar-refractivity contribution is 1.07. The Balaban J connectivity index is 0.987. The first-order chi connectivity index (χ1) is 44.6. The molecule has 0 spiro atoms. The first kappa shape index (κ1) is 50.8. The van der Waals surface area contributed by atoms with E-state index in [0.29, 0.717) is 23.0 Å². The molecule has 0 bridgehead atoms. The van der Waals surface area contributed by atoms with Gasteiger partial charge in [-0.25, -0.2) is 15.0 Å². The summed E-state index contributed by atoms with van der Waals surface area (Å²) in [7, 11) is 0. The molecule has 5 heterocycles. The Labute approximate surface area is 516 Å². The van der Waals surface area contributed by atoms with Crippen LogP contribution in [0.25, 0.3) is 166 Å². The maximum absolute atomic E-state index is 10.8. The van der Waals surface area contributed by atoms with E-state index in [1.165, 1.54) is 21.5 Å². The summed E-state index contributed by atoms with van der Waals surface area (Å²) in [5.41, 5.74) is 19.6. The molecule has 13 aromatic carbocycles. The summed E-state index contributed by atoms with van der Waals surface area (Å²) in [6.45, 7) is 0. The molecule has 5 aromatic heterocycles. The molecular formula is C82H50N8. The molecule has 0 aliphatic heterocycles. The summed E-state index contributed by atoms with van der Waals surface area (Å²) in [4.78, 5) is 15.9. The van der Waals surface area contributed by atoms with Gasteiger partial charge in [-0.2, -0.15) is 5.26 Å². The number of nitrogens with zero attached hydrogens (tertiary/aromatic N) is 8. The predicted molar refractivity (Wildman–Crippen MR) is 369 cm³/mol. The summed E-state index contributed by atoms with van der Waals surface area (Å²) >= 11 is 0. The summed E-state index contributed by atoms with van der Waals surface area (Å²) in [6.07, 6.45) is 0. The van der Waals surface area contributed by atoms with Crippen LogP contribution >= 0.6 is 0 Å². The summed E-state index contributed by atoms with van der Waals surface area (Å²) < 4.78 is 9.72. The smallest absolute Gasteiger partial charge is 0.164 e. The monoisotopic (exact) mass is 1150 g/mol. The molecule has 0 radical (unpaired) electrons. The zero-order valence-corrected chi connectivity index (χ0v) is 48.4. The Hall–Kier alpha value is -12.4. The van der Waals surface area contributed by atoms with Gasteiger partial charge >= 0.3 is 0 Å². The molecule has 0 unspecified atom stereocenters. The molecule has 0 N–H and O–H groups in total. The van der Waals surface area contributed by atoms with E-state index >= 15 is 0 Å². The Morgan fingerprint density at radius 3 is 1.09 bits per heavy atom. The Bertz CT molecular complexity index is 5910. The van der Waals surface area contributed by atoms with Crippen LogP contribution in [0.15, 0.2) is 303 Å². The van der Waals surface area contributed by atoms with Crippen molar-refractivity contribution < 1.29 is 0 Å². The van der Waals surface area contributed by atoms with Crippen LogP contribution in [0.5, 0.6) is 0 Å². The van der Waals surface area contributed by atoms with E-state index in [1.54, 1.807) is 0 Å². The van der Waals surface area contributed by atoms with Gasteiger partial charge in [-0.1, -0.05) is 200 Å². The van der Waals surface area contributed by atoms with Gasteiger partial charge in [-0.15, -0.1) is 0 Å². The Kier molecular flexibility index (Phi) is 11.5. The SMILES string of the molecule is N#Cc1ccccc1-c1ccc(-c2cc(-c3nc(-c4ccccc4)nc(-c4ccccc4)n3)ccc2-n2c3ccccc3c3cc4c5ccccc5n(-c5ccccc5)c4cc32)c(-n2c3ccccc3c3cc4c5ccccc5n(-c5ccccc5)c4cc32)c1. The molecule has 0 aliphatic rings. The van der Waals surface area contributed by atoms with Gasteiger partial charge in [0.2, 0.25) is 0 Å².